The Morgan fingerprint density at radius 1 is 1.12 bits per heavy atom. The molecule has 9 nitrogen and oxygen atoms in total. The van der Waals surface area contributed by atoms with Gasteiger partial charge < -0.3 is 19.7 Å². The number of aromatic nitrogens is 4. The minimum absolute atomic E-state index is 0.184. The normalized spacial score (nSPS) is 13.9. The van der Waals surface area contributed by atoms with Crippen LogP contribution in [0.1, 0.15) is 29.6 Å². The SMILES string of the molecule is COc1ccc(C(=O)NCCn2ncc3c(N4CCCCC4)nc(SC)nc32)cc1OC. The maximum atomic E-state index is 12.6. The van der Waals surface area contributed by atoms with Crippen LogP contribution in [0.25, 0.3) is 11.0 Å². The van der Waals surface area contributed by atoms with Crippen molar-refractivity contribution in [2.45, 2.75) is 31.0 Å². The Kier molecular flexibility index (Phi) is 6.99. The highest BCUT2D eigenvalue weighted by atomic mass is 32.2. The Bertz CT molecular complexity index is 1100. The van der Waals surface area contributed by atoms with Crippen molar-refractivity contribution in [3.63, 3.8) is 0 Å². The van der Waals surface area contributed by atoms with Gasteiger partial charge in [-0.2, -0.15) is 5.10 Å². The highest BCUT2D eigenvalue weighted by Gasteiger charge is 2.20. The molecule has 1 fully saturated rings. The number of ether oxygens (including phenoxy) is 2. The fourth-order valence-electron chi connectivity index (χ4n) is 3.88. The number of carbonyl (C=O) groups is 1. The smallest absolute Gasteiger partial charge is 0.251 e. The third kappa shape index (κ3) is 4.59. The molecule has 10 heteroatoms. The number of methoxy groups -OCH3 is 2. The molecule has 0 spiro atoms. The first-order valence-corrected chi connectivity index (χ1v) is 11.9. The first-order chi connectivity index (χ1) is 15.6. The molecule has 2 aromatic heterocycles. The van der Waals surface area contributed by atoms with Gasteiger partial charge in [0.05, 0.1) is 32.3 Å². The molecule has 1 aromatic carbocycles. The van der Waals surface area contributed by atoms with Crippen LogP contribution < -0.4 is 19.7 Å². The number of benzene rings is 1. The zero-order valence-corrected chi connectivity index (χ0v) is 19.4. The van der Waals surface area contributed by atoms with Crippen molar-refractivity contribution in [1.29, 1.82) is 0 Å². The molecule has 4 rings (SSSR count). The molecule has 0 radical (unpaired) electrons. The fraction of sp³-hybridized carbons (Fsp3) is 0.455. The van der Waals surface area contributed by atoms with Gasteiger partial charge in [-0.05, 0) is 43.7 Å². The Hall–Kier alpha value is -3.01. The zero-order valence-electron chi connectivity index (χ0n) is 18.6. The summed E-state index contributed by atoms with van der Waals surface area (Å²) in [5, 5.41) is 9.16. The number of hydrogen-bond acceptors (Lipinski definition) is 8. The summed E-state index contributed by atoms with van der Waals surface area (Å²) in [5.74, 6) is 1.88. The minimum Gasteiger partial charge on any atom is -0.493 e. The monoisotopic (exact) mass is 456 g/mol. The van der Waals surface area contributed by atoms with Crippen LogP contribution >= 0.6 is 11.8 Å². The van der Waals surface area contributed by atoms with Gasteiger partial charge >= 0.3 is 0 Å². The molecule has 0 aliphatic carbocycles. The molecule has 0 unspecified atom stereocenters. The first-order valence-electron chi connectivity index (χ1n) is 10.7. The summed E-state index contributed by atoms with van der Waals surface area (Å²) in [5.41, 5.74) is 1.30. The van der Waals surface area contributed by atoms with E-state index in [2.05, 4.69) is 20.3 Å². The Balaban J connectivity index is 1.48. The van der Waals surface area contributed by atoms with Crippen LogP contribution in [0.15, 0.2) is 29.6 Å². The molecule has 1 saturated heterocycles. The highest BCUT2D eigenvalue weighted by molar-refractivity contribution is 7.98. The lowest BCUT2D eigenvalue weighted by Gasteiger charge is -2.28. The van der Waals surface area contributed by atoms with E-state index in [4.69, 9.17) is 14.5 Å². The lowest BCUT2D eigenvalue weighted by Crippen LogP contribution is -2.30. The lowest BCUT2D eigenvalue weighted by molar-refractivity contribution is 0.0951. The average molecular weight is 457 g/mol. The summed E-state index contributed by atoms with van der Waals surface area (Å²) in [6, 6.07) is 5.10. The number of thioether (sulfide) groups is 1. The second-order valence-corrected chi connectivity index (χ2v) is 8.29. The number of carbonyl (C=O) groups excluding carboxylic acids is 1. The Morgan fingerprint density at radius 3 is 2.62 bits per heavy atom. The lowest BCUT2D eigenvalue weighted by atomic mass is 10.1. The standard InChI is InChI=1S/C22H28N6O3S/c1-30-17-8-7-15(13-18(17)31-2)21(29)23-9-12-28-20-16(14-24-28)19(25-22(26-20)32-3)27-10-5-4-6-11-27/h7-8,13-14H,4-6,9-12H2,1-3H3,(H,23,29). The summed E-state index contributed by atoms with van der Waals surface area (Å²) >= 11 is 1.52. The van der Waals surface area contributed by atoms with Crippen molar-refractivity contribution in [3.05, 3.63) is 30.0 Å². The van der Waals surface area contributed by atoms with Gasteiger partial charge in [0.25, 0.3) is 5.91 Å². The van der Waals surface area contributed by atoms with Crippen molar-refractivity contribution in [2.24, 2.45) is 0 Å². The Labute approximate surface area is 191 Å². The molecule has 1 aliphatic rings. The van der Waals surface area contributed by atoms with E-state index in [-0.39, 0.29) is 5.91 Å². The topological polar surface area (TPSA) is 94.4 Å². The van der Waals surface area contributed by atoms with Gasteiger partial charge in [-0.25, -0.2) is 14.6 Å². The van der Waals surface area contributed by atoms with Gasteiger partial charge in [-0.1, -0.05) is 11.8 Å². The maximum absolute atomic E-state index is 12.6. The van der Waals surface area contributed by atoms with E-state index in [1.165, 1.54) is 31.0 Å². The van der Waals surface area contributed by atoms with E-state index in [9.17, 15) is 4.79 Å². The van der Waals surface area contributed by atoms with Crippen LogP contribution in [-0.4, -0.2) is 65.8 Å². The number of rotatable bonds is 8. The quantitative estimate of drug-likeness (QED) is 0.408. The summed E-state index contributed by atoms with van der Waals surface area (Å²) in [4.78, 5) is 24.4. The number of fused-ring (bicyclic) bond motifs is 1. The summed E-state index contributed by atoms with van der Waals surface area (Å²) in [6.07, 6.45) is 7.43. The van der Waals surface area contributed by atoms with E-state index >= 15 is 0 Å². The summed E-state index contributed by atoms with van der Waals surface area (Å²) in [6.45, 7) is 2.94. The van der Waals surface area contributed by atoms with Gasteiger partial charge in [-0.3, -0.25) is 4.79 Å². The van der Waals surface area contributed by atoms with E-state index in [0.29, 0.717) is 30.2 Å². The predicted octanol–water partition coefficient (Wildman–Crippen LogP) is 2.99. The number of piperidine rings is 1. The zero-order chi connectivity index (χ0) is 22.5. The molecule has 1 amide bonds. The fourth-order valence-corrected chi connectivity index (χ4v) is 4.23. The molecule has 32 heavy (non-hydrogen) atoms. The van der Waals surface area contributed by atoms with Crippen molar-refractivity contribution in [1.82, 2.24) is 25.1 Å². The van der Waals surface area contributed by atoms with Gasteiger partial charge in [-0.15, -0.1) is 0 Å². The van der Waals surface area contributed by atoms with Gasteiger partial charge in [0.15, 0.2) is 22.3 Å². The molecule has 1 N–H and O–H groups in total. The first kappa shape index (κ1) is 22.2. The van der Waals surface area contributed by atoms with Crippen LogP contribution in [0.3, 0.4) is 0 Å². The summed E-state index contributed by atoms with van der Waals surface area (Å²) < 4.78 is 12.3. The third-order valence-corrected chi connectivity index (χ3v) is 6.10. The van der Waals surface area contributed by atoms with E-state index < -0.39 is 0 Å². The van der Waals surface area contributed by atoms with Gasteiger partial charge in [0.2, 0.25) is 0 Å². The number of nitrogens with one attached hydrogen (secondary N) is 1. The number of amides is 1. The molecule has 170 valence electrons. The summed E-state index contributed by atoms with van der Waals surface area (Å²) in [7, 11) is 3.11. The van der Waals surface area contributed by atoms with Crippen LogP contribution in [0, 0.1) is 0 Å². The van der Waals surface area contributed by atoms with E-state index in [1.54, 1.807) is 32.4 Å². The van der Waals surface area contributed by atoms with Crippen molar-refractivity contribution in [2.75, 3.05) is 45.0 Å². The van der Waals surface area contributed by atoms with Gasteiger partial charge in [0, 0.05) is 25.2 Å². The highest BCUT2D eigenvalue weighted by Crippen LogP contribution is 2.29. The number of hydrogen-bond donors (Lipinski definition) is 1. The van der Waals surface area contributed by atoms with Crippen molar-refractivity contribution in [3.8, 4) is 11.5 Å². The van der Waals surface area contributed by atoms with Crippen LogP contribution in [0.5, 0.6) is 11.5 Å². The average Bonchev–Trinajstić information content (AvgIpc) is 3.26. The molecule has 0 atom stereocenters. The molecule has 0 saturated carbocycles. The minimum atomic E-state index is -0.184. The largest absolute Gasteiger partial charge is 0.493 e. The third-order valence-electron chi connectivity index (χ3n) is 5.55. The number of nitrogens with zero attached hydrogens (tertiary/aromatic N) is 5. The van der Waals surface area contributed by atoms with Crippen LogP contribution in [0.4, 0.5) is 5.82 Å². The molecule has 0 bridgehead atoms. The predicted molar refractivity (Wildman–Crippen MR) is 125 cm³/mol. The van der Waals surface area contributed by atoms with Crippen molar-refractivity contribution >= 4 is 34.5 Å². The second kappa shape index (κ2) is 10.1. The Morgan fingerprint density at radius 2 is 1.91 bits per heavy atom. The van der Waals surface area contributed by atoms with Crippen LogP contribution in [0.2, 0.25) is 0 Å². The van der Waals surface area contributed by atoms with E-state index in [0.717, 1.165) is 35.1 Å². The van der Waals surface area contributed by atoms with Gasteiger partial charge in [0.1, 0.15) is 5.82 Å². The van der Waals surface area contributed by atoms with Crippen molar-refractivity contribution < 1.29 is 14.3 Å². The molecular weight excluding hydrogens is 428 g/mol. The molecular formula is C22H28N6O3S. The number of anilines is 1. The molecule has 1 aliphatic heterocycles. The molecule has 3 aromatic rings. The maximum Gasteiger partial charge on any atom is 0.251 e. The van der Waals surface area contributed by atoms with Crippen LogP contribution in [-0.2, 0) is 6.54 Å². The molecule has 3 heterocycles. The second-order valence-electron chi connectivity index (χ2n) is 7.51. The van der Waals surface area contributed by atoms with E-state index in [1.807, 2.05) is 17.1 Å².